The summed E-state index contributed by atoms with van der Waals surface area (Å²) in [6.07, 6.45) is 1.82. The zero-order chi connectivity index (χ0) is 15.6. The molecule has 0 spiro atoms. The number of pyridine rings is 1. The SMILES string of the molecule is Fc1ccc(Nc2cc3[nH]c(-c4ccccc4)cc3cn2)cc1. The highest BCUT2D eigenvalue weighted by Crippen LogP contribution is 2.25. The van der Waals surface area contributed by atoms with Gasteiger partial charge >= 0.3 is 0 Å². The average Bonchev–Trinajstić information content (AvgIpc) is 3.01. The Balaban J connectivity index is 1.66. The average molecular weight is 303 g/mol. The van der Waals surface area contributed by atoms with Crippen LogP contribution in [0.2, 0.25) is 0 Å². The molecule has 2 heterocycles. The number of rotatable bonds is 3. The van der Waals surface area contributed by atoms with Crippen molar-refractivity contribution in [2.75, 3.05) is 5.32 Å². The lowest BCUT2D eigenvalue weighted by molar-refractivity contribution is 0.628. The summed E-state index contributed by atoms with van der Waals surface area (Å²) >= 11 is 0. The van der Waals surface area contributed by atoms with Gasteiger partial charge in [0.25, 0.3) is 0 Å². The maximum Gasteiger partial charge on any atom is 0.132 e. The molecule has 0 radical (unpaired) electrons. The number of aromatic amines is 1. The lowest BCUT2D eigenvalue weighted by atomic mass is 10.1. The van der Waals surface area contributed by atoms with Crippen LogP contribution in [0.1, 0.15) is 0 Å². The van der Waals surface area contributed by atoms with Gasteiger partial charge in [0.2, 0.25) is 0 Å². The van der Waals surface area contributed by atoms with Gasteiger partial charge in [-0.3, -0.25) is 0 Å². The molecule has 0 amide bonds. The number of hydrogen-bond acceptors (Lipinski definition) is 2. The van der Waals surface area contributed by atoms with E-state index in [1.807, 2.05) is 30.5 Å². The molecule has 0 saturated carbocycles. The number of H-pyrrole nitrogens is 1. The fraction of sp³-hybridized carbons (Fsp3) is 0. The summed E-state index contributed by atoms with van der Waals surface area (Å²) in [5.74, 6) is 0.460. The summed E-state index contributed by atoms with van der Waals surface area (Å²) in [4.78, 5) is 7.81. The summed E-state index contributed by atoms with van der Waals surface area (Å²) in [5, 5.41) is 4.22. The van der Waals surface area contributed by atoms with Crippen LogP contribution in [0.15, 0.2) is 72.9 Å². The second kappa shape index (κ2) is 5.57. The van der Waals surface area contributed by atoms with Crippen molar-refractivity contribution in [1.82, 2.24) is 9.97 Å². The van der Waals surface area contributed by atoms with Crippen molar-refractivity contribution < 1.29 is 4.39 Å². The molecule has 0 fully saturated rings. The minimum atomic E-state index is -0.254. The third-order valence-electron chi connectivity index (χ3n) is 3.71. The van der Waals surface area contributed by atoms with E-state index >= 15 is 0 Å². The van der Waals surface area contributed by atoms with E-state index in [0.717, 1.165) is 27.8 Å². The number of nitrogens with zero attached hydrogens (tertiary/aromatic N) is 1. The van der Waals surface area contributed by atoms with Crippen molar-refractivity contribution in [2.24, 2.45) is 0 Å². The molecule has 2 aromatic heterocycles. The number of benzene rings is 2. The van der Waals surface area contributed by atoms with Crippen LogP contribution < -0.4 is 5.32 Å². The Morgan fingerprint density at radius 3 is 2.48 bits per heavy atom. The monoisotopic (exact) mass is 303 g/mol. The molecule has 0 atom stereocenters. The predicted octanol–water partition coefficient (Wildman–Crippen LogP) is 5.11. The zero-order valence-corrected chi connectivity index (χ0v) is 12.3. The van der Waals surface area contributed by atoms with Crippen molar-refractivity contribution >= 4 is 22.4 Å². The summed E-state index contributed by atoms with van der Waals surface area (Å²) < 4.78 is 12.9. The van der Waals surface area contributed by atoms with Crippen molar-refractivity contribution in [3.05, 3.63) is 78.7 Å². The van der Waals surface area contributed by atoms with E-state index in [0.29, 0.717) is 5.82 Å². The summed E-state index contributed by atoms with van der Waals surface area (Å²) in [6.45, 7) is 0. The van der Waals surface area contributed by atoms with Crippen molar-refractivity contribution in [3.8, 4) is 11.3 Å². The Morgan fingerprint density at radius 2 is 1.70 bits per heavy atom. The number of halogens is 1. The first-order chi connectivity index (χ1) is 11.3. The van der Waals surface area contributed by atoms with Gasteiger partial charge in [-0.2, -0.15) is 0 Å². The molecule has 2 aromatic carbocycles. The highest BCUT2D eigenvalue weighted by Gasteiger charge is 2.05. The number of hydrogen-bond donors (Lipinski definition) is 2. The fourth-order valence-corrected chi connectivity index (χ4v) is 2.55. The van der Waals surface area contributed by atoms with Gasteiger partial charge in [-0.25, -0.2) is 9.37 Å². The van der Waals surface area contributed by atoms with Crippen LogP contribution in [-0.4, -0.2) is 9.97 Å². The summed E-state index contributed by atoms with van der Waals surface area (Å²) in [7, 11) is 0. The van der Waals surface area contributed by atoms with E-state index in [2.05, 4.69) is 33.5 Å². The Morgan fingerprint density at radius 1 is 0.913 bits per heavy atom. The molecular formula is C19H14FN3. The van der Waals surface area contributed by atoms with Crippen molar-refractivity contribution in [2.45, 2.75) is 0 Å². The van der Waals surface area contributed by atoms with Crippen LogP contribution in [0.25, 0.3) is 22.2 Å². The first kappa shape index (κ1) is 13.5. The van der Waals surface area contributed by atoms with E-state index in [1.54, 1.807) is 12.1 Å². The zero-order valence-electron chi connectivity index (χ0n) is 12.3. The maximum absolute atomic E-state index is 12.9. The Kier molecular flexibility index (Phi) is 3.27. The van der Waals surface area contributed by atoms with Gasteiger partial charge in [-0.05, 0) is 35.9 Å². The molecule has 4 rings (SSSR count). The second-order valence-electron chi connectivity index (χ2n) is 5.34. The third kappa shape index (κ3) is 2.79. The summed E-state index contributed by atoms with van der Waals surface area (Å²) in [5.41, 5.74) is 4.00. The van der Waals surface area contributed by atoms with Gasteiger partial charge in [0.05, 0.1) is 5.52 Å². The highest BCUT2D eigenvalue weighted by molar-refractivity contribution is 5.87. The second-order valence-corrected chi connectivity index (χ2v) is 5.34. The number of aromatic nitrogens is 2. The lowest BCUT2D eigenvalue weighted by Gasteiger charge is -2.05. The molecule has 4 heteroatoms. The van der Waals surface area contributed by atoms with Gasteiger partial charge < -0.3 is 10.3 Å². The Labute approximate surface area is 132 Å². The van der Waals surface area contributed by atoms with Crippen molar-refractivity contribution in [3.63, 3.8) is 0 Å². The van der Waals surface area contributed by atoms with Gasteiger partial charge in [-0.15, -0.1) is 0 Å². The molecule has 0 bridgehead atoms. The molecule has 0 saturated heterocycles. The Bertz CT molecular complexity index is 943. The van der Waals surface area contributed by atoms with Crippen LogP contribution in [0.5, 0.6) is 0 Å². The highest BCUT2D eigenvalue weighted by atomic mass is 19.1. The topological polar surface area (TPSA) is 40.7 Å². The van der Waals surface area contributed by atoms with E-state index in [4.69, 9.17) is 0 Å². The predicted molar refractivity (Wildman–Crippen MR) is 91.2 cm³/mol. The van der Waals surface area contributed by atoms with E-state index in [9.17, 15) is 4.39 Å². The van der Waals surface area contributed by atoms with Crippen LogP contribution in [-0.2, 0) is 0 Å². The molecule has 0 unspecified atom stereocenters. The van der Waals surface area contributed by atoms with Gasteiger partial charge in [0, 0.05) is 29.0 Å². The van der Waals surface area contributed by atoms with E-state index in [1.165, 1.54) is 12.1 Å². The van der Waals surface area contributed by atoms with E-state index < -0.39 is 0 Å². The fourth-order valence-electron chi connectivity index (χ4n) is 2.55. The molecule has 4 aromatic rings. The number of nitrogens with one attached hydrogen (secondary N) is 2. The summed E-state index contributed by atoms with van der Waals surface area (Å²) in [6, 6.07) is 20.4. The minimum absolute atomic E-state index is 0.254. The van der Waals surface area contributed by atoms with Gasteiger partial charge in [0.15, 0.2) is 0 Å². The number of fused-ring (bicyclic) bond motifs is 1. The van der Waals surface area contributed by atoms with Gasteiger partial charge in [0.1, 0.15) is 11.6 Å². The van der Waals surface area contributed by atoms with Crippen molar-refractivity contribution in [1.29, 1.82) is 0 Å². The first-order valence-corrected chi connectivity index (χ1v) is 7.35. The van der Waals surface area contributed by atoms with Gasteiger partial charge in [-0.1, -0.05) is 30.3 Å². The molecular weight excluding hydrogens is 289 g/mol. The molecule has 3 nitrogen and oxygen atoms in total. The van der Waals surface area contributed by atoms with Crippen LogP contribution in [0, 0.1) is 5.82 Å². The molecule has 112 valence electrons. The first-order valence-electron chi connectivity index (χ1n) is 7.35. The maximum atomic E-state index is 12.9. The van der Waals surface area contributed by atoms with Crippen LogP contribution >= 0.6 is 0 Å². The largest absolute Gasteiger partial charge is 0.354 e. The molecule has 0 aliphatic rings. The molecule has 0 aliphatic carbocycles. The number of anilines is 2. The normalized spacial score (nSPS) is 10.8. The molecule has 0 aliphatic heterocycles. The quantitative estimate of drug-likeness (QED) is 0.552. The lowest BCUT2D eigenvalue weighted by Crippen LogP contribution is -1.93. The third-order valence-corrected chi connectivity index (χ3v) is 3.71. The van der Waals surface area contributed by atoms with Crippen LogP contribution in [0.4, 0.5) is 15.9 Å². The molecule has 2 N–H and O–H groups in total. The van der Waals surface area contributed by atoms with E-state index in [-0.39, 0.29) is 5.82 Å². The smallest absolute Gasteiger partial charge is 0.132 e. The molecule has 23 heavy (non-hydrogen) atoms. The minimum Gasteiger partial charge on any atom is -0.354 e. The van der Waals surface area contributed by atoms with Crippen LogP contribution in [0.3, 0.4) is 0 Å². The Hall–Kier alpha value is -3.14. The standard InChI is InChI=1S/C19H14FN3/c20-15-6-8-16(9-7-15)22-19-11-18-14(12-21-19)10-17(23-18)13-4-2-1-3-5-13/h1-12,23H,(H,21,22).